The number of likely N-dealkylation sites (tertiary alicyclic amines) is 1. The van der Waals surface area contributed by atoms with E-state index in [1.54, 1.807) is 0 Å². The first-order valence-electron chi connectivity index (χ1n) is 6.10. The van der Waals surface area contributed by atoms with Crippen LogP contribution in [0.4, 0.5) is 17.6 Å². The van der Waals surface area contributed by atoms with E-state index in [0.717, 1.165) is 6.07 Å². The number of hydrogen-bond acceptors (Lipinski definition) is 1. The third kappa shape index (κ3) is 3.31. The molecule has 0 spiro atoms. The van der Waals surface area contributed by atoms with Gasteiger partial charge in [0.25, 0.3) is 5.91 Å². The van der Waals surface area contributed by atoms with E-state index >= 15 is 0 Å². The molecule has 1 aliphatic heterocycles. The van der Waals surface area contributed by atoms with Gasteiger partial charge in [-0.05, 0) is 31.0 Å². The lowest BCUT2D eigenvalue weighted by Gasteiger charge is -2.33. The molecule has 0 radical (unpaired) electrons. The molecule has 20 heavy (non-hydrogen) atoms. The summed E-state index contributed by atoms with van der Waals surface area (Å²) in [6.07, 6.45) is -4.49. The van der Waals surface area contributed by atoms with Gasteiger partial charge < -0.3 is 4.90 Å². The normalized spacial score (nSPS) is 17.4. The minimum Gasteiger partial charge on any atom is -0.339 e. The van der Waals surface area contributed by atoms with Gasteiger partial charge in [0.1, 0.15) is 5.82 Å². The molecule has 1 amide bonds. The average molecular weight is 354 g/mol. The zero-order chi connectivity index (χ0) is 14.9. The standard InChI is InChI=1S/C13H12BrF4NO/c14-9-1-2-11(15)10(7-9)12(20)19-5-3-8(4-6-19)13(16,17)18/h1-2,7-8H,3-6H2. The summed E-state index contributed by atoms with van der Waals surface area (Å²) >= 11 is 3.14. The van der Waals surface area contributed by atoms with Gasteiger partial charge in [-0.25, -0.2) is 4.39 Å². The van der Waals surface area contributed by atoms with Crippen LogP contribution in [0.25, 0.3) is 0 Å². The Hall–Kier alpha value is -1.11. The van der Waals surface area contributed by atoms with Gasteiger partial charge in [0, 0.05) is 17.6 Å². The summed E-state index contributed by atoms with van der Waals surface area (Å²) in [4.78, 5) is 13.4. The minimum absolute atomic E-state index is 0.00500. The summed E-state index contributed by atoms with van der Waals surface area (Å²) in [5.74, 6) is -2.61. The molecule has 0 atom stereocenters. The second-order valence-electron chi connectivity index (χ2n) is 4.73. The summed E-state index contributed by atoms with van der Waals surface area (Å²) in [5.41, 5.74) is -0.121. The van der Waals surface area contributed by atoms with E-state index in [-0.39, 0.29) is 31.5 Å². The van der Waals surface area contributed by atoms with Crippen molar-refractivity contribution in [3.8, 4) is 0 Å². The van der Waals surface area contributed by atoms with Crippen LogP contribution in [0.5, 0.6) is 0 Å². The van der Waals surface area contributed by atoms with Crippen LogP contribution in [0.3, 0.4) is 0 Å². The highest BCUT2D eigenvalue weighted by atomic mass is 79.9. The van der Waals surface area contributed by atoms with Crippen LogP contribution >= 0.6 is 15.9 Å². The van der Waals surface area contributed by atoms with Crippen LogP contribution in [0.1, 0.15) is 23.2 Å². The summed E-state index contributed by atoms with van der Waals surface area (Å²) in [5, 5.41) is 0. The summed E-state index contributed by atoms with van der Waals surface area (Å²) < 4.78 is 51.8. The lowest BCUT2D eigenvalue weighted by atomic mass is 9.96. The maximum atomic E-state index is 13.6. The van der Waals surface area contributed by atoms with E-state index in [4.69, 9.17) is 0 Å². The Bertz CT molecular complexity index is 510. The van der Waals surface area contributed by atoms with Gasteiger partial charge in [0.2, 0.25) is 0 Å². The molecular formula is C13H12BrF4NO. The predicted octanol–water partition coefficient (Wildman–Crippen LogP) is 4.00. The number of rotatable bonds is 1. The van der Waals surface area contributed by atoms with Crippen molar-refractivity contribution in [2.24, 2.45) is 5.92 Å². The van der Waals surface area contributed by atoms with Crippen molar-refractivity contribution in [1.82, 2.24) is 4.90 Å². The Kier molecular flexibility index (Phi) is 4.36. The van der Waals surface area contributed by atoms with Gasteiger partial charge in [0.15, 0.2) is 0 Å². The van der Waals surface area contributed by atoms with Gasteiger partial charge in [-0.1, -0.05) is 15.9 Å². The van der Waals surface area contributed by atoms with E-state index in [0.29, 0.717) is 4.47 Å². The average Bonchev–Trinajstić information content (AvgIpc) is 2.40. The zero-order valence-corrected chi connectivity index (χ0v) is 12.0. The number of piperidine rings is 1. The molecule has 0 unspecified atom stereocenters. The molecule has 2 nitrogen and oxygen atoms in total. The van der Waals surface area contributed by atoms with Crippen molar-refractivity contribution in [3.63, 3.8) is 0 Å². The fraction of sp³-hybridized carbons (Fsp3) is 0.462. The summed E-state index contributed by atoms with van der Waals surface area (Å²) in [6, 6.07) is 3.95. The van der Waals surface area contributed by atoms with E-state index in [9.17, 15) is 22.4 Å². The first kappa shape index (κ1) is 15.3. The number of carbonyl (C=O) groups is 1. The maximum absolute atomic E-state index is 13.6. The Labute approximate surface area is 121 Å². The number of carbonyl (C=O) groups excluding carboxylic acids is 1. The lowest BCUT2D eigenvalue weighted by Crippen LogP contribution is -2.42. The maximum Gasteiger partial charge on any atom is 0.391 e. The fourth-order valence-electron chi connectivity index (χ4n) is 2.24. The molecule has 1 aromatic rings. The Morgan fingerprint density at radius 2 is 1.85 bits per heavy atom. The second-order valence-corrected chi connectivity index (χ2v) is 5.65. The van der Waals surface area contributed by atoms with Crippen molar-refractivity contribution in [2.45, 2.75) is 19.0 Å². The zero-order valence-electron chi connectivity index (χ0n) is 10.4. The molecule has 0 aromatic heterocycles. The molecule has 1 fully saturated rings. The number of nitrogens with zero attached hydrogens (tertiary/aromatic N) is 1. The quantitative estimate of drug-likeness (QED) is 0.698. The molecule has 110 valence electrons. The van der Waals surface area contributed by atoms with Crippen LogP contribution in [0.2, 0.25) is 0 Å². The molecule has 0 bridgehead atoms. The van der Waals surface area contributed by atoms with E-state index in [1.807, 2.05) is 0 Å². The van der Waals surface area contributed by atoms with Crippen LogP contribution < -0.4 is 0 Å². The first-order chi connectivity index (χ1) is 9.29. The van der Waals surface area contributed by atoms with Gasteiger partial charge in [-0.3, -0.25) is 4.79 Å². The molecule has 2 rings (SSSR count). The minimum atomic E-state index is -4.23. The van der Waals surface area contributed by atoms with Gasteiger partial charge >= 0.3 is 6.18 Å². The third-order valence-corrected chi connectivity index (χ3v) is 3.90. The molecule has 0 saturated carbocycles. The fourth-order valence-corrected chi connectivity index (χ4v) is 2.60. The Balaban J connectivity index is 2.07. The number of amides is 1. The van der Waals surface area contributed by atoms with Crippen molar-refractivity contribution < 1.29 is 22.4 Å². The smallest absolute Gasteiger partial charge is 0.339 e. The third-order valence-electron chi connectivity index (χ3n) is 3.40. The van der Waals surface area contributed by atoms with E-state index in [1.165, 1.54) is 17.0 Å². The van der Waals surface area contributed by atoms with Gasteiger partial charge in [-0.15, -0.1) is 0 Å². The molecular weight excluding hydrogens is 342 g/mol. The summed E-state index contributed by atoms with van der Waals surface area (Å²) in [7, 11) is 0. The van der Waals surface area contributed by atoms with Crippen LogP contribution in [-0.2, 0) is 0 Å². The number of alkyl halides is 3. The van der Waals surface area contributed by atoms with Gasteiger partial charge in [-0.2, -0.15) is 13.2 Å². The van der Waals surface area contributed by atoms with Crippen molar-refractivity contribution in [1.29, 1.82) is 0 Å². The van der Waals surface area contributed by atoms with Crippen molar-refractivity contribution in [3.05, 3.63) is 34.1 Å². The van der Waals surface area contributed by atoms with Crippen LogP contribution in [-0.4, -0.2) is 30.1 Å². The van der Waals surface area contributed by atoms with Gasteiger partial charge in [0.05, 0.1) is 11.5 Å². The second kappa shape index (κ2) is 5.71. The molecule has 1 aromatic carbocycles. The highest BCUT2D eigenvalue weighted by molar-refractivity contribution is 9.10. The van der Waals surface area contributed by atoms with Crippen molar-refractivity contribution >= 4 is 21.8 Å². The number of hydrogen-bond donors (Lipinski definition) is 0. The molecule has 0 aliphatic carbocycles. The Morgan fingerprint density at radius 1 is 1.25 bits per heavy atom. The summed E-state index contributed by atoms with van der Waals surface area (Å²) in [6.45, 7) is -0.00999. The Morgan fingerprint density at radius 3 is 2.40 bits per heavy atom. The monoisotopic (exact) mass is 353 g/mol. The first-order valence-corrected chi connectivity index (χ1v) is 6.89. The molecule has 0 N–H and O–H groups in total. The highest BCUT2D eigenvalue weighted by Gasteiger charge is 2.41. The molecule has 7 heteroatoms. The van der Waals surface area contributed by atoms with Crippen molar-refractivity contribution in [2.75, 3.05) is 13.1 Å². The largest absolute Gasteiger partial charge is 0.391 e. The lowest BCUT2D eigenvalue weighted by molar-refractivity contribution is -0.183. The van der Waals surface area contributed by atoms with Crippen LogP contribution in [0, 0.1) is 11.7 Å². The number of halogens is 5. The topological polar surface area (TPSA) is 20.3 Å². The molecule has 1 heterocycles. The van der Waals surface area contributed by atoms with Crippen LogP contribution in [0.15, 0.2) is 22.7 Å². The SMILES string of the molecule is O=C(c1cc(Br)ccc1F)N1CCC(C(F)(F)F)CC1. The highest BCUT2D eigenvalue weighted by Crippen LogP contribution is 2.34. The van der Waals surface area contributed by atoms with E-state index < -0.39 is 23.8 Å². The number of benzene rings is 1. The molecule has 1 aliphatic rings. The molecule has 1 saturated heterocycles. The van der Waals surface area contributed by atoms with E-state index in [2.05, 4.69) is 15.9 Å². The predicted molar refractivity (Wildman–Crippen MR) is 68.8 cm³/mol.